The molecule has 2 heterocycles. The highest BCUT2D eigenvalue weighted by Gasteiger charge is 2.43. The number of piperidine rings is 1. The number of ether oxygens (including phenoxy) is 1. The molecule has 31 heavy (non-hydrogen) atoms. The Balaban J connectivity index is 1.81. The SMILES string of the molecule is CCOc1ccc(C2=C(N3CCCC(C)C3)C(=O)N(c3cc(C)cc(C)c3)C2=O)cc1. The zero-order chi connectivity index (χ0) is 22.1. The number of carbonyl (C=O) groups excluding carboxylic acids is 2. The molecule has 0 aromatic heterocycles. The summed E-state index contributed by atoms with van der Waals surface area (Å²) in [4.78, 5) is 30.8. The van der Waals surface area contributed by atoms with Crippen LogP contribution in [0, 0.1) is 19.8 Å². The van der Waals surface area contributed by atoms with Crippen LogP contribution in [0.4, 0.5) is 5.69 Å². The van der Waals surface area contributed by atoms with E-state index in [2.05, 4.69) is 11.8 Å². The summed E-state index contributed by atoms with van der Waals surface area (Å²) in [5.74, 6) is 0.754. The fraction of sp³-hybridized carbons (Fsp3) is 0.385. The first-order chi connectivity index (χ1) is 14.9. The molecule has 0 N–H and O–H groups in total. The molecule has 0 radical (unpaired) electrons. The van der Waals surface area contributed by atoms with Crippen LogP contribution >= 0.6 is 0 Å². The summed E-state index contributed by atoms with van der Waals surface area (Å²) in [5.41, 5.74) is 4.45. The lowest BCUT2D eigenvalue weighted by Gasteiger charge is -2.33. The zero-order valence-electron chi connectivity index (χ0n) is 18.8. The number of imide groups is 1. The standard InChI is InChI=1S/C26H30N2O3/c1-5-31-22-10-8-20(9-11-22)23-24(27-12-6-7-17(2)16-27)26(30)28(25(23)29)21-14-18(3)13-19(4)15-21/h8-11,13-15,17H,5-7,12,16H2,1-4H3. The van der Waals surface area contributed by atoms with Gasteiger partial charge in [0.05, 0.1) is 17.9 Å². The van der Waals surface area contributed by atoms with Crippen molar-refractivity contribution in [3.8, 4) is 5.75 Å². The van der Waals surface area contributed by atoms with Gasteiger partial charge in [0.15, 0.2) is 0 Å². The Kier molecular flexibility index (Phi) is 5.86. The van der Waals surface area contributed by atoms with Crippen LogP contribution < -0.4 is 9.64 Å². The highest BCUT2D eigenvalue weighted by molar-refractivity contribution is 6.45. The number of aryl methyl sites for hydroxylation is 2. The Bertz CT molecular complexity index is 1020. The molecule has 1 atom stereocenters. The number of hydrogen-bond acceptors (Lipinski definition) is 4. The molecule has 0 saturated carbocycles. The first-order valence-electron chi connectivity index (χ1n) is 11.1. The Labute approximate surface area is 184 Å². The molecule has 2 amide bonds. The molecule has 2 aromatic carbocycles. The summed E-state index contributed by atoms with van der Waals surface area (Å²) in [5, 5.41) is 0. The minimum absolute atomic E-state index is 0.229. The molecule has 1 unspecified atom stereocenters. The third-order valence-electron chi connectivity index (χ3n) is 5.95. The number of hydrogen-bond donors (Lipinski definition) is 0. The fourth-order valence-corrected chi connectivity index (χ4v) is 4.66. The van der Waals surface area contributed by atoms with E-state index in [1.165, 1.54) is 4.90 Å². The van der Waals surface area contributed by atoms with Gasteiger partial charge in [-0.15, -0.1) is 0 Å². The lowest BCUT2D eigenvalue weighted by Crippen LogP contribution is -2.39. The Morgan fingerprint density at radius 2 is 1.68 bits per heavy atom. The van der Waals surface area contributed by atoms with Crippen molar-refractivity contribution >= 4 is 23.1 Å². The summed E-state index contributed by atoms with van der Waals surface area (Å²) in [6.07, 6.45) is 2.16. The number of anilines is 1. The number of nitrogens with zero attached hydrogens (tertiary/aromatic N) is 2. The number of likely N-dealkylation sites (tertiary alicyclic amines) is 1. The van der Waals surface area contributed by atoms with Crippen LogP contribution in [0.3, 0.4) is 0 Å². The lowest BCUT2D eigenvalue weighted by molar-refractivity contribution is -0.120. The van der Waals surface area contributed by atoms with E-state index in [9.17, 15) is 9.59 Å². The Morgan fingerprint density at radius 1 is 1.00 bits per heavy atom. The molecular weight excluding hydrogens is 388 g/mol. The molecule has 0 bridgehead atoms. The van der Waals surface area contributed by atoms with Gasteiger partial charge >= 0.3 is 0 Å². The smallest absolute Gasteiger partial charge is 0.282 e. The van der Waals surface area contributed by atoms with Crippen LogP contribution in [0.1, 0.15) is 43.4 Å². The van der Waals surface area contributed by atoms with Crippen LogP contribution in [0.25, 0.3) is 5.57 Å². The van der Waals surface area contributed by atoms with Gasteiger partial charge < -0.3 is 9.64 Å². The molecule has 162 valence electrons. The van der Waals surface area contributed by atoms with E-state index in [4.69, 9.17) is 4.74 Å². The van der Waals surface area contributed by atoms with Crippen molar-refractivity contribution in [3.63, 3.8) is 0 Å². The van der Waals surface area contributed by atoms with Crippen molar-refractivity contribution in [2.45, 2.75) is 40.5 Å². The second kappa shape index (κ2) is 8.58. The minimum atomic E-state index is -0.257. The molecule has 1 fully saturated rings. The number of benzene rings is 2. The quantitative estimate of drug-likeness (QED) is 0.660. The zero-order valence-corrected chi connectivity index (χ0v) is 18.8. The third kappa shape index (κ3) is 4.09. The van der Waals surface area contributed by atoms with Crippen LogP contribution in [0.15, 0.2) is 48.2 Å². The molecule has 0 aliphatic carbocycles. The average Bonchev–Trinajstić information content (AvgIpc) is 2.98. The molecule has 2 aliphatic rings. The lowest BCUT2D eigenvalue weighted by atomic mass is 9.97. The molecular formula is C26H30N2O3. The van der Waals surface area contributed by atoms with Gasteiger partial charge in [-0.3, -0.25) is 9.59 Å². The van der Waals surface area contributed by atoms with Crippen LogP contribution in [0.5, 0.6) is 5.75 Å². The van der Waals surface area contributed by atoms with E-state index < -0.39 is 0 Å². The van der Waals surface area contributed by atoms with E-state index in [1.54, 1.807) is 0 Å². The number of carbonyl (C=O) groups is 2. The fourth-order valence-electron chi connectivity index (χ4n) is 4.66. The van der Waals surface area contributed by atoms with Gasteiger partial charge in [-0.05, 0) is 80.5 Å². The van der Waals surface area contributed by atoms with Gasteiger partial charge in [0.1, 0.15) is 11.4 Å². The van der Waals surface area contributed by atoms with Crippen molar-refractivity contribution in [3.05, 3.63) is 64.9 Å². The summed E-state index contributed by atoms with van der Waals surface area (Å²) in [6, 6.07) is 13.3. The summed E-state index contributed by atoms with van der Waals surface area (Å²) in [7, 11) is 0. The van der Waals surface area contributed by atoms with Gasteiger partial charge in [-0.2, -0.15) is 0 Å². The van der Waals surface area contributed by atoms with Gasteiger partial charge in [0, 0.05) is 13.1 Å². The predicted molar refractivity (Wildman–Crippen MR) is 123 cm³/mol. The highest BCUT2D eigenvalue weighted by atomic mass is 16.5. The molecule has 5 nitrogen and oxygen atoms in total. The van der Waals surface area contributed by atoms with Crippen molar-refractivity contribution in [2.24, 2.45) is 5.92 Å². The number of rotatable bonds is 5. The first-order valence-corrected chi connectivity index (χ1v) is 11.1. The van der Waals surface area contributed by atoms with E-state index in [1.807, 2.05) is 63.2 Å². The topological polar surface area (TPSA) is 49.9 Å². The monoisotopic (exact) mass is 418 g/mol. The van der Waals surface area contributed by atoms with Crippen LogP contribution in [0.2, 0.25) is 0 Å². The highest BCUT2D eigenvalue weighted by Crippen LogP contribution is 2.37. The van der Waals surface area contributed by atoms with Gasteiger partial charge in [0.2, 0.25) is 0 Å². The molecule has 0 spiro atoms. The second-order valence-electron chi connectivity index (χ2n) is 8.67. The maximum absolute atomic E-state index is 13.7. The molecule has 4 rings (SSSR count). The predicted octanol–water partition coefficient (Wildman–Crippen LogP) is 4.72. The van der Waals surface area contributed by atoms with Crippen LogP contribution in [-0.2, 0) is 9.59 Å². The minimum Gasteiger partial charge on any atom is -0.494 e. The van der Waals surface area contributed by atoms with E-state index in [0.717, 1.165) is 48.4 Å². The maximum atomic E-state index is 13.7. The molecule has 1 saturated heterocycles. The molecule has 2 aromatic rings. The Hall–Kier alpha value is -3.08. The number of amides is 2. The Morgan fingerprint density at radius 3 is 2.29 bits per heavy atom. The maximum Gasteiger partial charge on any atom is 0.282 e. The van der Waals surface area contributed by atoms with Gasteiger partial charge in [-0.25, -0.2) is 4.90 Å². The second-order valence-corrected chi connectivity index (χ2v) is 8.67. The van der Waals surface area contributed by atoms with E-state index in [-0.39, 0.29) is 11.8 Å². The normalized spacial score (nSPS) is 19.4. The van der Waals surface area contributed by atoms with Gasteiger partial charge in [-0.1, -0.05) is 25.1 Å². The van der Waals surface area contributed by atoms with E-state index >= 15 is 0 Å². The van der Waals surface area contributed by atoms with Crippen molar-refractivity contribution in [2.75, 3.05) is 24.6 Å². The van der Waals surface area contributed by atoms with Crippen molar-refractivity contribution < 1.29 is 14.3 Å². The largest absolute Gasteiger partial charge is 0.494 e. The van der Waals surface area contributed by atoms with Gasteiger partial charge in [0.25, 0.3) is 11.8 Å². The first kappa shape index (κ1) is 21.2. The van der Waals surface area contributed by atoms with Crippen molar-refractivity contribution in [1.29, 1.82) is 0 Å². The molecule has 5 heteroatoms. The summed E-state index contributed by atoms with van der Waals surface area (Å²) < 4.78 is 5.56. The summed E-state index contributed by atoms with van der Waals surface area (Å²) in [6.45, 7) is 10.3. The summed E-state index contributed by atoms with van der Waals surface area (Å²) >= 11 is 0. The third-order valence-corrected chi connectivity index (χ3v) is 5.95. The average molecular weight is 419 g/mol. The van der Waals surface area contributed by atoms with E-state index in [0.29, 0.717) is 29.5 Å². The van der Waals surface area contributed by atoms with Crippen LogP contribution in [-0.4, -0.2) is 36.4 Å². The van der Waals surface area contributed by atoms with Crippen molar-refractivity contribution in [1.82, 2.24) is 4.90 Å². The molecule has 2 aliphatic heterocycles.